The van der Waals surface area contributed by atoms with Gasteiger partial charge in [-0.15, -0.1) is 0 Å². The molecular formula is C21H20ClN5O3. The molecule has 1 fully saturated rings. The van der Waals surface area contributed by atoms with Crippen LogP contribution < -0.4 is 0 Å². The van der Waals surface area contributed by atoms with Gasteiger partial charge in [0.1, 0.15) is 6.54 Å². The summed E-state index contributed by atoms with van der Waals surface area (Å²) in [5.74, 6) is -0.0737. The molecular weight excluding hydrogens is 406 g/mol. The number of aromatic nitrogens is 3. The van der Waals surface area contributed by atoms with Gasteiger partial charge in [-0.2, -0.15) is 0 Å². The molecule has 0 bridgehead atoms. The van der Waals surface area contributed by atoms with Crippen molar-refractivity contribution in [1.82, 2.24) is 24.3 Å². The van der Waals surface area contributed by atoms with E-state index >= 15 is 0 Å². The molecule has 4 rings (SSSR count). The van der Waals surface area contributed by atoms with E-state index in [-0.39, 0.29) is 12.5 Å². The number of carbonyl (C=O) groups is 2. The summed E-state index contributed by atoms with van der Waals surface area (Å²) >= 11 is 6.02. The summed E-state index contributed by atoms with van der Waals surface area (Å²) in [5, 5.41) is 9.72. The first-order valence-corrected chi connectivity index (χ1v) is 9.88. The first kappa shape index (κ1) is 19.9. The van der Waals surface area contributed by atoms with E-state index in [1.165, 1.54) is 4.90 Å². The van der Waals surface area contributed by atoms with Crippen LogP contribution in [0.4, 0.5) is 4.79 Å². The maximum Gasteiger partial charge on any atom is 0.407 e. The fraction of sp³-hybridized carbons (Fsp3) is 0.238. The van der Waals surface area contributed by atoms with Gasteiger partial charge < -0.3 is 19.5 Å². The van der Waals surface area contributed by atoms with E-state index in [2.05, 4.69) is 9.97 Å². The highest BCUT2D eigenvalue weighted by molar-refractivity contribution is 6.30. The summed E-state index contributed by atoms with van der Waals surface area (Å²) in [5.41, 5.74) is 3.36. The van der Waals surface area contributed by atoms with Gasteiger partial charge in [0, 0.05) is 54.7 Å². The predicted molar refractivity (Wildman–Crippen MR) is 112 cm³/mol. The van der Waals surface area contributed by atoms with Crippen molar-refractivity contribution in [1.29, 1.82) is 0 Å². The van der Waals surface area contributed by atoms with E-state index in [9.17, 15) is 9.59 Å². The molecule has 1 aliphatic heterocycles. The van der Waals surface area contributed by atoms with Crippen LogP contribution in [0.5, 0.6) is 0 Å². The number of imidazole rings is 1. The molecule has 0 unspecified atom stereocenters. The normalized spacial score (nSPS) is 14.0. The summed E-state index contributed by atoms with van der Waals surface area (Å²) in [7, 11) is 0. The zero-order valence-corrected chi connectivity index (χ0v) is 16.9. The Bertz CT molecular complexity index is 1040. The number of hydrogen-bond acceptors (Lipinski definition) is 4. The van der Waals surface area contributed by atoms with E-state index in [1.807, 2.05) is 28.8 Å². The highest BCUT2D eigenvalue weighted by atomic mass is 35.5. The fourth-order valence-electron chi connectivity index (χ4n) is 3.53. The second kappa shape index (κ2) is 8.54. The van der Waals surface area contributed by atoms with Crippen LogP contribution in [0.25, 0.3) is 22.5 Å². The summed E-state index contributed by atoms with van der Waals surface area (Å²) in [4.78, 5) is 35.6. The van der Waals surface area contributed by atoms with Crippen LogP contribution in [0.1, 0.15) is 0 Å². The van der Waals surface area contributed by atoms with Crippen molar-refractivity contribution in [3.05, 3.63) is 60.1 Å². The predicted octanol–water partition coefficient (Wildman–Crippen LogP) is 3.09. The molecule has 1 saturated heterocycles. The number of carboxylic acid groups (broad SMARTS) is 1. The molecule has 3 aromatic rings. The summed E-state index contributed by atoms with van der Waals surface area (Å²) in [6.07, 6.45) is 4.10. The number of carbonyl (C=O) groups excluding carboxylic acids is 1. The van der Waals surface area contributed by atoms with Crippen molar-refractivity contribution in [3.8, 4) is 22.5 Å². The molecule has 0 spiro atoms. The molecule has 2 aromatic heterocycles. The van der Waals surface area contributed by atoms with Crippen LogP contribution in [0.2, 0.25) is 5.02 Å². The molecule has 8 nitrogen and oxygen atoms in total. The lowest BCUT2D eigenvalue weighted by atomic mass is 10.1. The Kier molecular flexibility index (Phi) is 5.67. The summed E-state index contributed by atoms with van der Waals surface area (Å²) < 4.78 is 1.82. The third-order valence-corrected chi connectivity index (χ3v) is 5.37. The van der Waals surface area contributed by atoms with Crippen LogP contribution in [0, 0.1) is 0 Å². The van der Waals surface area contributed by atoms with Gasteiger partial charge in [0.15, 0.2) is 0 Å². The standard InChI is InChI=1S/C21H20ClN5O3/c22-17-3-1-15(2-4-17)19-20(16-5-7-23-8-6-16)27(14-24-19)13-18(28)25-9-11-26(12-10-25)21(29)30/h1-8,14H,9-13H2,(H,29,30). The molecule has 1 aliphatic rings. The van der Waals surface area contributed by atoms with Crippen molar-refractivity contribution in [3.63, 3.8) is 0 Å². The number of piperazine rings is 1. The number of halogens is 1. The Labute approximate surface area is 178 Å². The molecule has 30 heavy (non-hydrogen) atoms. The fourth-order valence-corrected chi connectivity index (χ4v) is 3.65. The van der Waals surface area contributed by atoms with Gasteiger partial charge in [-0.05, 0) is 24.3 Å². The highest BCUT2D eigenvalue weighted by Gasteiger charge is 2.25. The van der Waals surface area contributed by atoms with Crippen molar-refractivity contribution >= 4 is 23.6 Å². The third-order valence-electron chi connectivity index (χ3n) is 5.12. The first-order chi connectivity index (χ1) is 14.5. The average molecular weight is 426 g/mol. The Balaban J connectivity index is 1.61. The minimum Gasteiger partial charge on any atom is -0.465 e. The van der Waals surface area contributed by atoms with E-state index in [4.69, 9.17) is 16.7 Å². The second-order valence-electron chi connectivity index (χ2n) is 6.96. The molecule has 2 amide bonds. The highest BCUT2D eigenvalue weighted by Crippen LogP contribution is 2.31. The largest absolute Gasteiger partial charge is 0.465 e. The second-order valence-corrected chi connectivity index (χ2v) is 7.40. The molecule has 1 aromatic carbocycles. The van der Waals surface area contributed by atoms with E-state index < -0.39 is 6.09 Å². The topological polar surface area (TPSA) is 91.6 Å². The lowest BCUT2D eigenvalue weighted by Gasteiger charge is -2.33. The van der Waals surface area contributed by atoms with Crippen molar-refractivity contribution in [2.45, 2.75) is 6.54 Å². The molecule has 9 heteroatoms. The quantitative estimate of drug-likeness (QED) is 0.693. The van der Waals surface area contributed by atoms with Crippen LogP contribution in [-0.4, -0.2) is 67.6 Å². The average Bonchev–Trinajstić information content (AvgIpc) is 3.18. The molecule has 0 radical (unpaired) electrons. The maximum atomic E-state index is 12.9. The Morgan fingerprint density at radius 3 is 2.20 bits per heavy atom. The van der Waals surface area contributed by atoms with Crippen molar-refractivity contribution in [2.24, 2.45) is 0 Å². The zero-order chi connectivity index (χ0) is 21.1. The number of amides is 2. The Morgan fingerprint density at radius 2 is 1.57 bits per heavy atom. The molecule has 0 aliphatic carbocycles. The van der Waals surface area contributed by atoms with E-state index in [0.717, 1.165) is 22.5 Å². The Hall–Kier alpha value is -3.39. The smallest absolute Gasteiger partial charge is 0.407 e. The maximum absolute atomic E-state index is 12.9. The number of benzene rings is 1. The molecule has 3 heterocycles. The van der Waals surface area contributed by atoms with Crippen LogP contribution in [0.3, 0.4) is 0 Å². The number of pyridine rings is 1. The molecule has 0 saturated carbocycles. The SMILES string of the molecule is O=C(O)N1CCN(C(=O)Cn2cnc(-c3ccc(Cl)cc3)c2-c2ccncc2)CC1. The van der Waals surface area contributed by atoms with Gasteiger partial charge in [0.2, 0.25) is 5.91 Å². The minimum absolute atomic E-state index is 0.0737. The monoisotopic (exact) mass is 425 g/mol. The molecule has 154 valence electrons. The van der Waals surface area contributed by atoms with Crippen molar-refractivity contribution < 1.29 is 14.7 Å². The van der Waals surface area contributed by atoms with Crippen LogP contribution in [0.15, 0.2) is 55.1 Å². The van der Waals surface area contributed by atoms with Crippen LogP contribution >= 0.6 is 11.6 Å². The minimum atomic E-state index is -0.954. The van der Waals surface area contributed by atoms with Gasteiger partial charge in [0.25, 0.3) is 0 Å². The summed E-state index contributed by atoms with van der Waals surface area (Å²) in [6, 6.07) is 11.2. The first-order valence-electron chi connectivity index (χ1n) is 9.50. The van der Waals surface area contributed by atoms with Gasteiger partial charge in [-0.1, -0.05) is 23.7 Å². The van der Waals surface area contributed by atoms with Crippen LogP contribution in [-0.2, 0) is 11.3 Å². The summed E-state index contributed by atoms with van der Waals surface area (Å²) in [6.45, 7) is 1.52. The van der Waals surface area contributed by atoms with Gasteiger partial charge >= 0.3 is 6.09 Å². The van der Waals surface area contributed by atoms with Gasteiger partial charge in [0.05, 0.1) is 17.7 Å². The van der Waals surface area contributed by atoms with Crippen molar-refractivity contribution in [2.75, 3.05) is 26.2 Å². The molecule has 0 atom stereocenters. The number of nitrogens with zero attached hydrogens (tertiary/aromatic N) is 5. The number of rotatable bonds is 4. The van der Waals surface area contributed by atoms with E-state index in [1.54, 1.807) is 35.8 Å². The third kappa shape index (κ3) is 4.13. The molecule has 1 N–H and O–H groups in total. The van der Waals surface area contributed by atoms with E-state index in [0.29, 0.717) is 31.2 Å². The number of hydrogen-bond donors (Lipinski definition) is 1. The Morgan fingerprint density at radius 1 is 0.933 bits per heavy atom. The lowest BCUT2D eigenvalue weighted by Crippen LogP contribution is -2.50. The van der Waals surface area contributed by atoms with Gasteiger partial charge in [-0.3, -0.25) is 9.78 Å². The van der Waals surface area contributed by atoms with Gasteiger partial charge in [-0.25, -0.2) is 9.78 Å². The lowest BCUT2D eigenvalue weighted by molar-refractivity contribution is -0.133. The zero-order valence-electron chi connectivity index (χ0n) is 16.1.